The van der Waals surface area contributed by atoms with Crippen molar-refractivity contribution in [2.24, 2.45) is 0 Å². The van der Waals surface area contributed by atoms with E-state index < -0.39 is 0 Å². The van der Waals surface area contributed by atoms with E-state index in [0.717, 1.165) is 29.4 Å². The van der Waals surface area contributed by atoms with Gasteiger partial charge in [-0.05, 0) is 30.5 Å². The van der Waals surface area contributed by atoms with E-state index in [4.69, 9.17) is 0 Å². The van der Waals surface area contributed by atoms with Gasteiger partial charge in [-0.15, -0.1) is 5.10 Å². The van der Waals surface area contributed by atoms with Crippen LogP contribution in [0.25, 0.3) is 0 Å². The van der Waals surface area contributed by atoms with Crippen LogP contribution in [0, 0.1) is 17.1 Å². The van der Waals surface area contributed by atoms with Crippen LogP contribution in [0.1, 0.15) is 30.7 Å². The fourth-order valence-electron chi connectivity index (χ4n) is 1.97. The summed E-state index contributed by atoms with van der Waals surface area (Å²) in [6.45, 7) is 3.96. The fraction of sp³-hybridized carbons (Fsp3) is 0.267. The molecule has 0 spiro atoms. The molecule has 1 heterocycles. The molecule has 0 unspecified atom stereocenters. The summed E-state index contributed by atoms with van der Waals surface area (Å²) in [5.41, 5.74) is 2.25. The number of aryl methyl sites for hydroxylation is 1. The Bertz CT molecular complexity index is 665. The highest BCUT2D eigenvalue weighted by Gasteiger charge is 2.16. The summed E-state index contributed by atoms with van der Waals surface area (Å²) in [6, 6.07) is 8.63. The molecule has 0 fully saturated rings. The van der Waals surface area contributed by atoms with Crippen molar-refractivity contribution in [3.63, 3.8) is 0 Å². The van der Waals surface area contributed by atoms with Gasteiger partial charge in [0.05, 0.1) is 11.3 Å². The molecule has 2 rings (SSSR count). The van der Waals surface area contributed by atoms with Crippen LogP contribution in [0.2, 0.25) is 0 Å². The number of nitriles is 1. The summed E-state index contributed by atoms with van der Waals surface area (Å²) in [5, 5.41) is 18.1. The first-order chi connectivity index (χ1) is 9.71. The predicted octanol–water partition coefficient (Wildman–Crippen LogP) is 3.76. The number of benzene rings is 1. The van der Waals surface area contributed by atoms with Crippen molar-refractivity contribution in [1.82, 2.24) is 10.2 Å². The van der Waals surface area contributed by atoms with E-state index in [1.165, 1.54) is 6.07 Å². The molecule has 0 saturated carbocycles. The Morgan fingerprint density at radius 2 is 1.95 bits per heavy atom. The molecule has 0 amide bonds. The summed E-state index contributed by atoms with van der Waals surface area (Å²) >= 11 is 1.14. The summed E-state index contributed by atoms with van der Waals surface area (Å²) in [6.07, 6.45) is 1.45. The van der Waals surface area contributed by atoms with Crippen LogP contribution in [0.5, 0.6) is 0 Å². The zero-order chi connectivity index (χ0) is 14.5. The van der Waals surface area contributed by atoms with Gasteiger partial charge in [-0.25, -0.2) is 4.39 Å². The lowest BCUT2D eigenvalue weighted by Crippen LogP contribution is -2.04. The molecule has 20 heavy (non-hydrogen) atoms. The van der Waals surface area contributed by atoms with E-state index in [0.29, 0.717) is 21.9 Å². The first-order valence-corrected chi connectivity index (χ1v) is 7.23. The standard InChI is InChI=1S/C15H14FN3S/c1-3-10-11(9-17)15(19-18-13(10)4-2)20-14-8-6-5-7-12(14)16/h5-8H,3-4H2,1-2H3. The molecule has 0 saturated heterocycles. The smallest absolute Gasteiger partial charge is 0.142 e. The summed E-state index contributed by atoms with van der Waals surface area (Å²) in [7, 11) is 0. The summed E-state index contributed by atoms with van der Waals surface area (Å²) in [5.74, 6) is -0.319. The third-order valence-corrected chi connectivity index (χ3v) is 4.00. The monoisotopic (exact) mass is 287 g/mol. The number of halogens is 1. The lowest BCUT2D eigenvalue weighted by Gasteiger charge is -2.10. The lowest BCUT2D eigenvalue weighted by molar-refractivity contribution is 0.601. The SMILES string of the molecule is CCc1nnc(Sc2ccccc2F)c(C#N)c1CC. The lowest BCUT2D eigenvalue weighted by atomic mass is 10.1. The second-order valence-electron chi connectivity index (χ2n) is 4.16. The van der Waals surface area contributed by atoms with Crippen LogP contribution < -0.4 is 0 Å². The topological polar surface area (TPSA) is 49.6 Å². The molecule has 0 radical (unpaired) electrons. The van der Waals surface area contributed by atoms with E-state index in [2.05, 4.69) is 16.3 Å². The second-order valence-corrected chi connectivity index (χ2v) is 5.19. The molecule has 0 atom stereocenters. The van der Waals surface area contributed by atoms with Gasteiger partial charge in [0, 0.05) is 4.90 Å². The first-order valence-electron chi connectivity index (χ1n) is 6.42. The fourth-order valence-corrected chi connectivity index (χ4v) is 2.85. The Balaban J connectivity index is 2.48. The molecule has 0 aliphatic heterocycles. The molecule has 102 valence electrons. The van der Waals surface area contributed by atoms with Gasteiger partial charge in [0.1, 0.15) is 16.9 Å². The molecule has 0 N–H and O–H groups in total. The van der Waals surface area contributed by atoms with Crippen molar-refractivity contribution in [3.05, 3.63) is 46.9 Å². The maximum atomic E-state index is 13.7. The number of nitrogens with zero attached hydrogens (tertiary/aromatic N) is 3. The van der Waals surface area contributed by atoms with Crippen LogP contribution in [0.3, 0.4) is 0 Å². The summed E-state index contributed by atoms with van der Waals surface area (Å²) in [4.78, 5) is 0.449. The Labute approximate surface area is 121 Å². The minimum atomic E-state index is -0.319. The van der Waals surface area contributed by atoms with Crippen molar-refractivity contribution in [2.75, 3.05) is 0 Å². The molecule has 1 aromatic carbocycles. The van der Waals surface area contributed by atoms with E-state index in [-0.39, 0.29) is 5.82 Å². The van der Waals surface area contributed by atoms with Crippen molar-refractivity contribution >= 4 is 11.8 Å². The van der Waals surface area contributed by atoms with Gasteiger partial charge < -0.3 is 0 Å². The van der Waals surface area contributed by atoms with Gasteiger partial charge in [0.15, 0.2) is 0 Å². The molecule has 0 aliphatic rings. The minimum Gasteiger partial charge on any atom is -0.206 e. The van der Waals surface area contributed by atoms with Gasteiger partial charge in [-0.3, -0.25) is 0 Å². The molecule has 0 bridgehead atoms. The molecular weight excluding hydrogens is 273 g/mol. The van der Waals surface area contributed by atoms with Crippen LogP contribution in [-0.4, -0.2) is 10.2 Å². The van der Waals surface area contributed by atoms with Crippen LogP contribution in [-0.2, 0) is 12.8 Å². The van der Waals surface area contributed by atoms with Crippen LogP contribution in [0.15, 0.2) is 34.2 Å². The molecular formula is C15H14FN3S. The zero-order valence-electron chi connectivity index (χ0n) is 11.4. The second kappa shape index (κ2) is 6.49. The Kier molecular flexibility index (Phi) is 4.70. The van der Waals surface area contributed by atoms with Gasteiger partial charge in [0.25, 0.3) is 0 Å². The molecule has 1 aromatic heterocycles. The van der Waals surface area contributed by atoms with E-state index in [1.54, 1.807) is 18.2 Å². The highest BCUT2D eigenvalue weighted by Crippen LogP contribution is 2.32. The van der Waals surface area contributed by atoms with Crippen molar-refractivity contribution in [3.8, 4) is 6.07 Å². The first kappa shape index (κ1) is 14.5. The van der Waals surface area contributed by atoms with Gasteiger partial charge >= 0.3 is 0 Å². The van der Waals surface area contributed by atoms with Gasteiger partial charge in [0.2, 0.25) is 0 Å². The number of aromatic nitrogens is 2. The van der Waals surface area contributed by atoms with Gasteiger partial charge in [-0.1, -0.05) is 37.7 Å². The Hall–Kier alpha value is -1.93. The van der Waals surface area contributed by atoms with Gasteiger partial charge in [-0.2, -0.15) is 10.4 Å². The molecule has 3 nitrogen and oxygen atoms in total. The molecule has 2 aromatic rings. The predicted molar refractivity (Wildman–Crippen MR) is 76.0 cm³/mol. The largest absolute Gasteiger partial charge is 0.206 e. The number of hydrogen-bond acceptors (Lipinski definition) is 4. The molecule has 0 aliphatic carbocycles. The van der Waals surface area contributed by atoms with E-state index in [1.807, 2.05) is 13.8 Å². The average Bonchev–Trinajstić information content (AvgIpc) is 2.48. The number of rotatable bonds is 4. The summed E-state index contributed by atoms with van der Waals surface area (Å²) < 4.78 is 13.7. The van der Waals surface area contributed by atoms with Crippen LogP contribution in [0.4, 0.5) is 4.39 Å². The minimum absolute atomic E-state index is 0.319. The quantitative estimate of drug-likeness (QED) is 0.859. The Morgan fingerprint density at radius 1 is 1.20 bits per heavy atom. The van der Waals surface area contributed by atoms with Crippen LogP contribution >= 0.6 is 11.8 Å². The molecule has 5 heteroatoms. The van der Waals surface area contributed by atoms with Crippen molar-refractivity contribution in [2.45, 2.75) is 36.6 Å². The Morgan fingerprint density at radius 3 is 2.55 bits per heavy atom. The average molecular weight is 287 g/mol. The van der Waals surface area contributed by atoms with Crippen molar-refractivity contribution < 1.29 is 4.39 Å². The number of hydrogen-bond donors (Lipinski definition) is 0. The normalized spacial score (nSPS) is 10.3. The third-order valence-electron chi connectivity index (χ3n) is 2.97. The third kappa shape index (κ3) is 2.81. The van der Waals surface area contributed by atoms with E-state index in [9.17, 15) is 9.65 Å². The highest BCUT2D eigenvalue weighted by atomic mass is 32.2. The highest BCUT2D eigenvalue weighted by molar-refractivity contribution is 7.99. The maximum Gasteiger partial charge on any atom is 0.142 e. The van der Waals surface area contributed by atoms with E-state index >= 15 is 0 Å². The van der Waals surface area contributed by atoms with Crippen molar-refractivity contribution in [1.29, 1.82) is 5.26 Å². The zero-order valence-corrected chi connectivity index (χ0v) is 12.2. The maximum absolute atomic E-state index is 13.7.